The lowest BCUT2D eigenvalue weighted by atomic mass is 10.2. The Balaban J connectivity index is 2.60. The van der Waals surface area contributed by atoms with E-state index in [0.717, 1.165) is 5.69 Å². The number of aromatic nitrogens is 2. The van der Waals surface area contributed by atoms with E-state index in [1.807, 2.05) is 17.8 Å². The van der Waals surface area contributed by atoms with E-state index >= 15 is 0 Å². The number of aliphatic hydroxyl groups excluding tert-OH is 1. The summed E-state index contributed by atoms with van der Waals surface area (Å²) in [4.78, 5) is 4.06. The molecule has 0 fully saturated rings. The summed E-state index contributed by atoms with van der Waals surface area (Å²) in [7, 11) is 1.89. The zero-order valence-corrected chi connectivity index (χ0v) is 6.57. The van der Waals surface area contributed by atoms with Crippen molar-refractivity contribution in [2.24, 2.45) is 12.8 Å². The zero-order valence-electron chi connectivity index (χ0n) is 6.57. The molecule has 4 heteroatoms. The Morgan fingerprint density at radius 3 is 3.00 bits per heavy atom. The van der Waals surface area contributed by atoms with Crippen LogP contribution >= 0.6 is 0 Å². The lowest BCUT2D eigenvalue weighted by Gasteiger charge is -2.04. The molecule has 0 unspecified atom stereocenters. The van der Waals surface area contributed by atoms with Gasteiger partial charge in [-0.1, -0.05) is 0 Å². The number of aryl methyl sites for hydroxylation is 1. The van der Waals surface area contributed by atoms with Crippen molar-refractivity contribution in [1.29, 1.82) is 0 Å². The fraction of sp³-hybridized carbons (Fsp3) is 0.571. The second-order valence-electron chi connectivity index (χ2n) is 2.58. The van der Waals surface area contributed by atoms with Crippen molar-refractivity contribution in [3.8, 4) is 0 Å². The molecule has 11 heavy (non-hydrogen) atoms. The second kappa shape index (κ2) is 3.50. The Labute approximate surface area is 65.7 Å². The summed E-state index contributed by atoms with van der Waals surface area (Å²) in [6, 6.07) is -0.138. The maximum absolute atomic E-state index is 8.59. The Kier molecular flexibility index (Phi) is 2.62. The fourth-order valence-electron chi connectivity index (χ4n) is 0.911. The van der Waals surface area contributed by atoms with Crippen LogP contribution in [0.2, 0.25) is 0 Å². The lowest BCUT2D eigenvalue weighted by Crippen LogP contribution is -2.12. The molecule has 4 nitrogen and oxygen atoms in total. The Morgan fingerprint density at radius 2 is 2.55 bits per heavy atom. The van der Waals surface area contributed by atoms with E-state index in [4.69, 9.17) is 10.8 Å². The van der Waals surface area contributed by atoms with E-state index in [-0.39, 0.29) is 12.6 Å². The van der Waals surface area contributed by atoms with Gasteiger partial charge in [0.25, 0.3) is 0 Å². The molecule has 62 valence electrons. The quantitative estimate of drug-likeness (QED) is 0.635. The minimum absolute atomic E-state index is 0.109. The molecule has 0 radical (unpaired) electrons. The largest absolute Gasteiger partial charge is 0.396 e. The van der Waals surface area contributed by atoms with Gasteiger partial charge in [0.05, 0.1) is 18.1 Å². The average Bonchev–Trinajstić information content (AvgIpc) is 2.36. The molecule has 0 saturated heterocycles. The molecule has 0 aliphatic carbocycles. The standard InChI is InChI=1S/C7H13N3O/c1-10-4-7(9-5-10)6(8)2-3-11/h4-6,11H,2-3,8H2,1H3/t6-/m1/s1. The summed E-state index contributed by atoms with van der Waals surface area (Å²) in [5.74, 6) is 0. The van der Waals surface area contributed by atoms with Crippen LogP contribution in [0, 0.1) is 0 Å². The van der Waals surface area contributed by atoms with Gasteiger partial charge in [0, 0.05) is 19.9 Å². The van der Waals surface area contributed by atoms with Gasteiger partial charge in [-0.2, -0.15) is 0 Å². The maximum atomic E-state index is 8.59. The van der Waals surface area contributed by atoms with Gasteiger partial charge in [-0.15, -0.1) is 0 Å². The van der Waals surface area contributed by atoms with Crippen molar-refractivity contribution in [2.45, 2.75) is 12.5 Å². The van der Waals surface area contributed by atoms with Crippen LogP contribution in [0.25, 0.3) is 0 Å². The molecule has 0 bridgehead atoms. The highest BCUT2D eigenvalue weighted by atomic mass is 16.3. The van der Waals surface area contributed by atoms with Crippen LogP contribution in [0.4, 0.5) is 0 Å². The van der Waals surface area contributed by atoms with Crippen LogP contribution in [0.3, 0.4) is 0 Å². The summed E-state index contributed by atoms with van der Waals surface area (Å²) >= 11 is 0. The van der Waals surface area contributed by atoms with E-state index in [2.05, 4.69) is 4.98 Å². The first-order valence-electron chi connectivity index (χ1n) is 3.58. The third kappa shape index (κ3) is 2.03. The number of nitrogens with zero attached hydrogens (tertiary/aromatic N) is 2. The lowest BCUT2D eigenvalue weighted by molar-refractivity contribution is 0.275. The van der Waals surface area contributed by atoms with E-state index < -0.39 is 0 Å². The summed E-state index contributed by atoms with van der Waals surface area (Å²) in [6.07, 6.45) is 4.13. The third-order valence-electron chi connectivity index (χ3n) is 1.54. The molecule has 1 rings (SSSR count). The predicted molar refractivity (Wildman–Crippen MR) is 41.8 cm³/mol. The van der Waals surface area contributed by atoms with Crippen LogP contribution in [-0.4, -0.2) is 21.3 Å². The van der Waals surface area contributed by atoms with Crippen molar-refractivity contribution >= 4 is 0 Å². The number of hydrogen-bond acceptors (Lipinski definition) is 3. The molecule has 0 spiro atoms. The first-order valence-corrected chi connectivity index (χ1v) is 3.58. The molecule has 1 aromatic heterocycles. The van der Waals surface area contributed by atoms with Crippen molar-refractivity contribution in [1.82, 2.24) is 9.55 Å². The van der Waals surface area contributed by atoms with E-state index in [9.17, 15) is 0 Å². The highest BCUT2D eigenvalue weighted by Gasteiger charge is 2.06. The zero-order chi connectivity index (χ0) is 8.27. The van der Waals surface area contributed by atoms with Crippen molar-refractivity contribution in [3.63, 3.8) is 0 Å². The Hall–Kier alpha value is -0.870. The summed E-state index contributed by atoms with van der Waals surface area (Å²) in [6.45, 7) is 0.109. The molecule has 3 N–H and O–H groups in total. The minimum Gasteiger partial charge on any atom is -0.396 e. The highest BCUT2D eigenvalue weighted by molar-refractivity contribution is 5.02. The van der Waals surface area contributed by atoms with Gasteiger partial charge in [-0.05, 0) is 6.42 Å². The number of imidazole rings is 1. The molecular weight excluding hydrogens is 142 g/mol. The van der Waals surface area contributed by atoms with E-state index in [0.29, 0.717) is 6.42 Å². The third-order valence-corrected chi connectivity index (χ3v) is 1.54. The normalized spacial score (nSPS) is 13.4. The Bertz CT molecular complexity index is 221. The molecule has 1 atom stereocenters. The van der Waals surface area contributed by atoms with E-state index in [1.165, 1.54) is 0 Å². The molecule has 0 aliphatic heterocycles. The number of aliphatic hydroxyl groups is 1. The Morgan fingerprint density at radius 1 is 1.82 bits per heavy atom. The molecule has 0 aromatic carbocycles. The SMILES string of the molecule is Cn1cnc([C@H](N)CCO)c1. The first-order chi connectivity index (χ1) is 5.24. The van der Waals surface area contributed by atoms with Gasteiger partial charge in [-0.25, -0.2) is 4.98 Å². The van der Waals surface area contributed by atoms with Crippen LogP contribution in [0.1, 0.15) is 18.2 Å². The van der Waals surface area contributed by atoms with Crippen LogP contribution < -0.4 is 5.73 Å². The topological polar surface area (TPSA) is 64.1 Å². The summed E-state index contributed by atoms with van der Waals surface area (Å²) in [5.41, 5.74) is 6.52. The van der Waals surface area contributed by atoms with Crippen LogP contribution in [0.15, 0.2) is 12.5 Å². The number of nitrogens with two attached hydrogens (primary N) is 1. The summed E-state index contributed by atoms with van der Waals surface area (Å²) < 4.78 is 1.84. The van der Waals surface area contributed by atoms with Gasteiger partial charge < -0.3 is 15.4 Å². The molecule has 0 aliphatic rings. The summed E-state index contributed by atoms with van der Waals surface area (Å²) in [5, 5.41) is 8.59. The number of hydrogen-bond donors (Lipinski definition) is 2. The monoisotopic (exact) mass is 155 g/mol. The number of rotatable bonds is 3. The molecule has 0 amide bonds. The van der Waals surface area contributed by atoms with E-state index in [1.54, 1.807) is 6.33 Å². The van der Waals surface area contributed by atoms with Gasteiger partial charge >= 0.3 is 0 Å². The highest BCUT2D eigenvalue weighted by Crippen LogP contribution is 2.09. The minimum atomic E-state index is -0.138. The van der Waals surface area contributed by atoms with Gasteiger partial charge in [0.1, 0.15) is 0 Å². The maximum Gasteiger partial charge on any atom is 0.0947 e. The predicted octanol–water partition coefficient (Wildman–Crippen LogP) is -0.198. The second-order valence-corrected chi connectivity index (χ2v) is 2.58. The fourth-order valence-corrected chi connectivity index (χ4v) is 0.911. The van der Waals surface area contributed by atoms with Crippen molar-refractivity contribution in [2.75, 3.05) is 6.61 Å². The van der Waals surface area contributed by atoms with Gasteiger partial charge in [0.2, 0.25) is 0 Å². The molecule has 0 saturated carbocycles. The van der Waals surface area contributed by atoms with Gasteiger partial charge in [-0.3, -0.25) is 0 Å². The average molecular weight is 155 g/mol. The molecule has 1 heterocycles. The molecule has 1 aromatic rings. The van der Waals surface area contributed by atoms with Crippen molar-refractivity contribution in [3.05, 3.63) is 18.2 Å². The smallest absolute Gasteiger partial charge is 0.0947 e. The molecular formula is C7H13N3O. The van der Waals surface area contributed by atoms with Crippen LogP contribution in [-0.2, 0) is 7.05 Å². The van der Waals surface area contributed by atoms with Crippen LogP contribution in [0.5, 0.6) is 0 Å². The van der Waals surface area contributed by atoms with Gasteiger partial charge in [0.15, 0.2) is 0 Å². The first kappa shape index (κ1) is 8.23. The van der Waals surface area contributed by atoms with Crippen molar-refractivity contribution < 1.29 is 5.11 Å².